The summed E-state index contributed by atoms with van der Waals surface area (Å²) < 4.78 is 51.9. The number of methoxy groups -OCH3 is 2. The quantitative estimate of drug-likeness (QED) is 0.801. The fourth-order valence-electron chi connectivity index (χ4n) is 2.01. The zero-order valence-corrected chi connectivity index (χ0v) is 12.3. The minimum absolute atomic E-state index is 0.135. The highest BCUT2D eigenvalue weighted by molar-refractivity contribution is 5.47. The van der Waals surface area contributed by atoms with E-state index in [-0.39, 0.29) is 6.61 Å². The fourth-order valence-corrected chi connectivity index (χ4v) is 2.01. The molecule has 0 saturated carbocycles. The molecule has 0 fully saturated rings. The van der Waals surface area contributed by atoms with Gasteiger partial charge in [0, 0.05) is 0 Å². The molecule has 1 aromatic carbocycles. The normalized spacial score (nSPS) is 13.0. The molecule has 0 aromatic heterocycles. The summed E-state index contributed by atoms with van der Waals surface area (Å²) in [5.41, 5.74) is 0.645. The second-order valence-electron chi connectivity index (χ2n) is 4.32. The number of halogens is 3. The first-order valence-corrected chi connectivity index (χ1v) is 6.51. The van der Waals surface area contributed by atoms with Crippen molar-refractivity contribution in [3.63, 3.8) is 0 Å². The molecule has 21 heavy (non-hydrogen) atoms. The monoisotopic (exact) mass is 307 g/mol. The number of benzene rings is 1. The second kappa shape index (κ2) is 8.09. The van der Waals surface area contributed by atoms with E-state index in [0.29, 0.717) is 23.6 Å². The van der Waals surface area contributed by atoms with Crippen LogP contribution in [0.1, 0.15) is 18.5 Å². The summed E-state index contributed by atoms with van der Waals surface area (Å²) in [5.74, 6) is 1.08. The van der Waals surface area contributed by atoms with Crippen molar-refractivity contribution in [1.82, 2.24) is 5.32 Å². The molecule has 0 saturated heterocycles. The number of hydrogen-bond donors (Lipinski definition) is 1. The highest BCUT2D eigenvalue weighted by atomic mass is 19.4. The van der Waals surface area contributed by atoms with Gasteiger partial charge in [-0.05, 0) is 18.7 Å². The van der Waals surface area contributed by atoms with E-state index in [1.165, 1.54) is 14.2 Å². The van der Waals surface area contributed by atoms with Gasteiger partial charge in [-0.15, -0.1) is 0 Å². The first-order chi connectivity index (χ1) is 9.92. The average molecular weight is 307 g/mol. The molecule has 1 rings (SSSR count). The molecule has 1 atom stereocenters. The number of rotatable bonds is 8. The van der Waals surface area contributed by atoms with Crippen molar-refractivity contribution in [1.29, 1.82) is 0 Å². The molecule has 0 bridgehead atoms. The average Bonchev–Trinajstić information content (AvgIpc) is 2.44. The van der Waals surface area contributed by atoms with Crippen molar-refractivity contribution in [3.8, 4) is 11.5 Å². The molecule has 120 valence electrons. The summed E-state index contributed by atoms with van der Waals surface area (Å²) in [6.45, 7) is 1.01. The van der Waals surface area contributed by atoms with Gasteiger partial charge < -0.3 is 19.5 Å². The van der Waals surface area contributed by atoms with Gasteiger partial charge in [-0.2, -0.15) is 13.2 Å². The van der Waals surface area contributed by atoms with Gasteiger partial charge in [0.2, 0.25) is 0 Å². The Kier molecular flexibility index (Phi) is 6.77. The Morgan fingerprint density at radius 2 is 1.71 bits per heavy atom. The fraction of sp³-hybridized carbons (Fsp3) is 0.571. The van der Waals surface area contributed by atoms with E-state index in [1.54, 1.807) is 18.2 Å². The lowest BCUT2D eigenvalue weighted by Crippen LogP contribution is -2.28. The molecule has 0 heterocycles. The van der Waals surface area contributed by atoms with Gasteiger partial charge in [-0.3, -0.25) is 0 Å². The Balaban J connectivity index is 2.94. The Morgan fingerprint density at radius 3 is 2.14 bits per heavy atom. The molecule has 1 unspecified atom stereocenters. The van der Waals surface area contributed by atoms with Crippen LogP contribution < -0.4 is 14.8 Å². The topological polar surface area (TPSA) is 39.7 Å². The predicted octanol–water partition coefficient (Wildman–Crippen LogP) is 2.93. The number of nitrogens with one attached hydrogen (secondary N) is 1. The second-order valence-corrected chi connectivity index (χ2v) is 4.32. The highest BCUT2D eigenvalue weighted by Gasteiger charge is 2.29. The summed E-state index contributed by atoms with van der Waals surface area (Å²) in [4.78, 5) is 0. The Labute approximate surface area is 122 Å². The van der Waals surface area contributed by atoms with Crippen LogP contribution in [0.3, 0.4) is 0 Å². The van der Waals surface area contributed by atoms with Crippen LogP contribution in [0.25, 0.3) is 0 Å². The van der Waals surface area contributed by atoms with Crippen molar-refractivity contribution in [2.75, 3.05) is 34.0 Å². The molecule has 0 spiro atoms. The van der Waals surface area contributed by atoms with Crippen molar-refractivity contribution >= 4 is 0 Å². The summed E-state index contributed by atoms with van der Waals surface area (Å²) in [7, 11) is 3.00. The maximum Gasteiger partial charge on any atom is 0.411 e. The summed E-state index contributed by atoms with van der Waals surface area (Å²) in [6.07, 6.45) is -4.35. The van der Waals surface area contributed by atoms with Gasteiger partial charge in [0.15, 0.2) is 0 Å². The van der Waals surface area contributed by atoms with Crippen LogP contribution in [0.4, 0.5) is 13.2 Å². The summed E-state index contributed by atoms with van der Waals surface area (Å²) in [5, 5.41) is 3.08. The predicted molar refractivity (Wildman–Crippen MR) is 72.8 cm³/mol. The van der Waals surface area contributed by atoms with Crippen LogP contribution in [0.5, 0.6) is 11.5 Å². The molecule has 0 radical (unpaired) electrons. The van der Waals surface area contributed by atoms with Crippen molar-refractivity contribution in [3.05, 3.63) is 23.8 Å². The van der Waals surface area contributed by atoms with E-state index in [1.807, 2.05) is 6.92 Å². The third kappa shape index (κ3) is 5.43. The molecular weight excluding hydrogens is 287 g/mol. The van der Waals surface area contributed by atoms with Gasteiger partial charge >= 0.3 is 6.18 Å². The molecular formula is C14H20F3NO3. The number of hydrogen-bond acceptors (Lipinski definition) is 4. The van der Waals surface area contributed by atoms with E-state index < -0.39 is 18.8 Å². The van der Waals surface area contributed by atoms with E-state index in [9.17, 15) is 13.2 Å². The third-order valence-electron chi connectivity index (χ3n) is 2.82. The Bertz CT molecular complexity index is 416. The number of likely N-dealkylation sites (N-methyl/N-ethyl adjacent to an activating group) is 1. The Morgan fingerprint density at radius 1 is 1.14 bits per heavy atom. The third-order valence-corrected chi connectivity index (χ3v) is 2.82. The van der Waals surface area contributed by atoms with Gasteiger partial charge in [-0.1, -0.05) is 13.0 Å². The molecule has 4 nitrogen and oxygen atoms in total. The van der Waals surface area contributed by atoms with Crippen LogP contribution in [0.15, 0.2) is 18.2 Å². The van der Waals surface area contributed by atoms with Crippen LogP contribution in [-0.4, -0.2) is 40.2 Å². The van der Waals surface area contributed by atoms with Crippen LogP contribution in [-0.2, 0) is 4.74 Å². The van der Waals surface area contributed by atoms with Gasteiger partial charge in [0.25, 0.3) is 0 Å². The lowest BCUT2D eigenvalue weighted by molar-refractivity contribution is -0.175. The first kappa shape index (κ1) is 17.6. The van der Waals surface area contributed by atoms with E-state index >= 15 is 0 Å². The molecule has 0 amide bonds. The smallest absolute Gasteiger partial charge is 0.411 e. The SMILES string of the molecule is CCNC(COCC(F)(F)F)c1c(OC)cccc1OC. The largest absolute Gasteiger partial charge is 0.496 e. The maximum absolute atomic E-state index is 12.2. The molecule has 0 aliphatic heterocycles. The zero-order valence-electron chi connectivity index (χ0n) is 12.3. The molecule has 1 aromatic rings. The van der Waals surface area contributed by atoms with Gasteiger partial charge in [-0.25, -0.2) is 0 Å². The summed E-state index contributed by atoms with van der Waals surface area (Å²) >= 11 is 0. The van der Waals surface area contributed by atoms with Gasteiger partial charge in [0.1, 0.15) is 18.1 Å². The molecule has 1 N–H and O–H groups in total. The van der Waals surface area contributed by atoms with Crippen molar-refractivity contribution < 1.29 is 27.4 Å². The van der Waals surface area contributed by atoms with Crippen LogP contribution >= 0.6 is 0 Å². The lowest BCUT2D eigenvalue weighted by Gasteiger charge is -2.23. The first-order valence-electron chi connectivity index (χ1n) is 6.51. The molecule has 7 heteroatoms. The van der Waals surface area contributed by atoms with E-state index in [4.69, 9.17) is 14.2 Å². The highest BCUT2D eigenvalue weighted by Crippen LogP contribution is 2.34. The van der Waals surface area contributed by atoms with E-state index in [2.05, 4.69) is 5.32 Å². The molecule has 0 aliphatic carbocycles. The molecule has 0 aliphatic rings. The lowest BCUT2D eigenvalue weighted by atomic mass is 10.0. The van der Waals surface area contributed by atoms with Crippen LogP contribution in [0.2, 0.25) is 0 Å². The van der Waals surface area contributed by atoms with Gasteiger partial charge in [0.05, 0.1) is 32.4 Å². The standard InChI is InChI=1S/C14H20F3NO3/c1-4-18-10(8-21-9-14(15,16)17)13-11(19-2)6-5-7-12(13)20-3/h5-7,10,18H,4,8-9H2,1-3H3. The summed E-state index contributed by atoms with van der Waals surface area (Å²) in [6, 6.07) is 4.75. The maximum atomic E-state index is 12.2. The number of ether oxygens (including phenoxy) is 3. The minimum Gasteiger partial charge on any atom is -0.496 e. The van der Waals surface area contributed by atoms with Crippen molar-refractivity contribution in [2.45, 2.75) is 19.1 Å². The number of alkyl halides is 3. The Hall–Kier alpha value is -1.47. The zero-order chi connectivity index (χ0) is 15.9. The van der Waals surface area contributed by atoms with Crippen LogP contribution in [0, 0.1) is 0 Å². The van der Waals surface area contributed by atoms with Crippen molar-refractivity contribution in [2.24, 2.45) is 0 Å². The van der Waals surface area contributed by atoms with E-state index in [0.717, 1.165) is 0 Å². The minimum atomic E-state index is -4.35.